The number of benzene rings is 1. The van der Waals surface area contributed by atoms with Crippen molar-refractivity contribution in [3.05, 3.63) is 29.8 Å². The first-order valence-corrected chi connectivity index (χ1v) is 6.61. The molecule has 0 aliphatic carbocycles. The van der Waals surface area contributed by atoms with E-state index in [1.54, 1.807) is 0 Å². The maximum absolute atomic E-state index is 10.5. The van der Waals surface area contributed by atoms with E-state index < -0.39 is 5.97 Å². The fourth-order valence-electron chi connectivity index (χ4n) is 1.96. The SMILES string of the molecule is CCN(CCCC(=O)O)c1ccc(C(C)C)cc1. The molecular weight excluding hydrogens is 226 g/mol. The van der Waals surface area contributed by atoms with Gasteiger partial charge in [-0.25, -0.2) is 0 Å². The molecule has 0 bridgehead atoms. The number of carboxylic acids is 1. The lowest BCUT2D eigenvalue weighted by atomic mass is 10.0. The summed E-state index contributed by atoms with van der Waals surface area (Å²) in [5.41, 5.74) is 2.51. The van der Waals surface area contributed by atoms with Crippen molar-refractivity contribution >= 4 is 11.7 Å². The van der Waals surface area contributed by atoms with Crippen molar-refractivity contribution in [1.29, 1.82) is 0 Å². The van der Waals surface area contributed by atoms with Crippen LogP contribution in [0.4, 0.5) is 5.69 Å². The molecular formula is C15H23NO2. The molecule has 3 nitrogen and oxygen atoms in total. The molecule has 0 radical (unpaired) electrons. The Labute approximate surface area is 109 Å². The van der Waals surface area contributed by atoms with Gasteiger partial charge < -0.3 is 10.0 Å². The Bertz CT molecular complexity index is 371. The maximum Gasteiger partial charge on any atom is 0.303 e. The van der Waals surface area contributed by atoms with Gasteiger partial charge in [-0.1, -0.05) is 26.0 Å². The van der Waals surface area contributed by atoms with Crippen LogP contribution in [0.15, 0.2) is 24.3 Å². The smallest absolute Gasteiger partial charge is 0.303 e. The topological polar surface area (TPSA) is 40.5 Å². The van der Waals surface area contributed by atoms with Crippen molar-refractivity contribution in [3.63, 3.8) is 0 Å². The largest absolute Gasteiger partial charge is 0.481 e. The summed E-state index contributed by atoms with van der Waals surface area (Å²) in [6.07, 6.45) is 0.926. The second-order valence-electron chi connectivity index (χ2n) is 4.82. The van der Waals surface area contributed by atoms with Crippen LogP contribution in [0.1, 0.15) is 45.1 Å². The summed E-state index contributed by atoms with van der Waals surface area (Å²) < 4.78 is 0. The first-order chi connectivity index (χ1) is 8.54. The van der Waals surface area contributed by atoms with Crippen LogP contribution in [0, 0.1) is 0 Å². The number of hydrogen-bond donors (Lipinski definition) is 1. The summed E-state index contributed by atoms with van der Waals surface area (Å²) >= 11 is 0. The minimum atomic E-state index is -0.721. The van der Waals surface area contributed by atoms with Gasteiger partial charge >= 0.3 is 5.97 Å². The van der Waals surface area contributed by atoms with Crippen LogP contribution in [0.3, 0.4) is 0 Å². The van der Waals surface area contributed by atoms with E-state index in [0.29, 0.717) is 12.3 Å². The van der Waals surface area contributed by atoms with Gasteiger partial charge in [0.2, 0.25) is 0 Å². The summed E-state index contributed by atoms with van der Waals surface area (Å²) in [5, 5.41) is 8.65. The van der Waals surface area contributed by atoms with Gasteiger partial charge in [-0.2, -0.15) is 0 Å². The van der Waals surface area contributed by atoms with Crippen LogP contribution in [-0.4, -0.2) is 24.2 Å². The van der Waals surface area contributed by atoms with Crippen molar-refractivity contribution in [2.75, 3.05) is 18.0 Å². The fraction of sp³-hybridized carbons (Fsp3) is 0.533. The third-order valence-corrected chi connectivity index (χ3v) is 3.13. The highest BCUT2D eigenvalue weighted by molar-refractivity contribution is 5.66. The van der Waals surface area contributed by atoms with Gasteiger partial charge in [0, 0.05) is 25.2 Å². The Kier molecular flexibility index (Phi) is 5.69. The molecule has 18 heavy (non-hydrogen) atoms. The normalized spacial score (nSPS) is 10.7. The number of hydrogen-bond acceptors (Lipinski definition) is 2. The lowest BCUT2D eigenvalue weighted by Crippen LogP contribution is -2.24. The molecule has 0 saturated heterocycles. The number of anilines is 1. The molecule has 1 aromatic carbocycles. The Morgan fingerprint density at radius 2 is 1.89 bits per heavy atom. The molecule has 0 atom stereocenters. The molecule has 0 aromatic heterocycles. The second kappa shape index (κ2) is 7.04. The third-order valence-electron chi connectivity index (χ3n) is 3.13. The van der Waals surface area contributed by atoms with Crippen LogP contribution in [-0.2, 0) is 4.79 Å². The average molecular weight is 249 g/mol. The van der Waals surface area contributed by atoms with Gasteiger partial charge in [0.15, 0.2) is 0 Å². The van der Waals surface area contributed by atoms with E-state index in [2.05, 4.69) is 49.9 Å². The van der Waals surface area contributed by atoms with Gasteiger partial charge in [0.1, 0.15) is 0 Å². The highest BCUT2D eigenvalue weighted by atomic mass is 16.4. The van der Waals surface area contributed by atoms with Gasteiger partial charge in [-0.3, -0.25) is 4.79 Å². The molecule has 100 valence electrons. The standard InChI is InChI=1S/C15H23NO2/c1-4-16(11-5-6-15(17)18)14-9-7-13(8-10-14)12(2)3/h7-10,12H,4-6,11H2,1-3H3,(H,17,18). The zero-order valence-corrected chi connectivity index (χ0v) is 11.5. The highest BCUT2D eigenvalue weighted by Crippen LogP contribution is 2.20. The fourth-order valence-corrected chi connectivity index (χ4v) is 1.96. The number of carbonyl (C=O) groups is 1. The van der Waals surface area contributed by atoms with Crippen LogP contribution in [0.25, 0.3) is 0 Å². The monoisotopic (exact) mass is 249 g/mol. The molecule has 0 saturated carbocycles. The van der Waals surface area contributed by atoms with Crippen LogP contribution in [0.5, 0.6) is 0 Å². The maximum atomic E-state index is 10.5. The predicted octanol–water partition coefficient (Wildman–Crippen LogP) is 3.50. The zero-order chi connectivity index (χ0) is 13.5. The van der Waals surface area contributed by atoms with E-state index in [1.807, 2.05) is 0 Å². The number of rotatable bonds is 7. The predicted molar refractivity (Wildman–Crippen MR) is 75.3 cm³/mol. The van der Waals surface area contributed by atoms with Crippen LogP contribution in [0.2, 0.25) is 0 Å². The molecule has 1 aromatic rings. The number of aliphatic carboxylic acids is 1. The lowest BCUT2D eigenvalue weighted by Gasteiger charge is -2.23. The van der Waals surface area contributed by atoms with Crippen molar-refractivity contribution in [3.8, 4) is 0 Å². The Morgan fingerprint density at radius 1 is 1.28 bits per heavy atom. The van der Waals surface area contributed by atoms with E-state index in [1.165, 1.54) is 11.3 Å². The lowest BCUT2D eigenvalue weighted by molar-refractivity contribution is -0.137. The minimum Gasteiger partial charge on any atom is -0.481 e. The van der Waals surface area contributed by atoms with Crippen molar-refractivity contribution in [1.82, 2.24) is 0 Å². The zero-order valence-electron chi connectivity index (χ0n) is 11.5. The molecule has 3 heteroatoms. The summed E-state index contributed by atoms with van der Waals surface area (Å²) in [4.78, 5) is 12.7. The summed E-state index contributed by atoms with van der Waals surface area (Å²) in [6.45, 7) is 8.15. The Balaban J connectivity index is 2.61. The molecule has 0 amide bonds. The highest BCUT2D eigenvalue weighted by Gasteiger charge is 2.06. The van der Waals surface area contributed by atoms with Crippen molar-refractivity contribution < 1.29 is 9.90 Å². The number of carboxylic acid groups (broad SMARTS) is 1. The molecule has 0 fully saturated rings. The van der Waals surface area contributed by atoms with Gasteiger partial charge in [0.05, 0.1) is 0 Å². The molecule has 0 aliphatic heterocycles. The van der Waals surface area contributed by atoms with Crippen molar-refractivity contribution in [2.24, 2.45) is 0 Å². The van der Waals surface area contributed by atoms with Gasteiger partial charge in [-0.15, -0.1) is 0 Å². The first kappa shape index (κ1) is 14.6. The molecule has 0 spiro atoms. The first-order valence-electron chi connectivity index (χ1n) is 6.61. The molecule has 0 aliphatic rings. The Morgan fingerprint density at radius 3 is 2.33 bits per heavy atom. The number of nitrogens with zero attached hydrogens (tertiary/aromatic N) is 1. The van der Waals surface area contributed by atoms with Crippen LogP contribution >= 0.6 is 0 Å². The summed E-state index contributed by atoms with van der Waals surface area (Å²) in [5.74, 6) is -0.178. The van der Waals surface area contributed by atoms with Crippen molar-refractivity contribution in [2.45, 2.75) is 39.5 Å². The summed E-state index contributed by atoms with van der Waals surface area (Å²) in [6, 6.07) is 8.55. The van der Waals surface area contributed by atoms with Crippen LogP contribution < -0.4 is 4.90 Å². The second-order valence-corrected chi connectivity index (χ2v) is 4.82. The Hall–Kier alpha value is -1.51. The van der Waals surface area contributed by atoms with E-state index in [4.69, 9.17) is 5.11 Å². The average Bonchev–Trinajstić information content (AvgIpc) is 2.34. The quantitative estimate of drug-likeness (QED) is 0.804. The minimum absolute atomic E-state index is 0.237. The summed E-state index contributed by atoms with van der Waals surface area (Å²) in [7, 11) is 0. The third kappa shape index (κ3) is 4.40. The van der Waals surface area contributed by atoms with E-state index in [0.717, 1.165) is 13.1 Å². The molecule has 1 N–H and O–H groups in total. The molecule has 1 rings (SSSR count). The molecule has 0 heterocycles. The molecule has 0 unspecified atom stereocenters. The van der Waals surface area contributed by atoms with E-state index in [-0.39, 0.29) is 6.42 Å². The van der Waals surface area contributed by atoms with Gasteiger partial charge in [-0.05, 0) is 37.0 Å². The van der Waals surface area contributed by atoms with Gasteiger partial charge in [0.25, 0.3) is 0 Å². The van der Waals surface area contributed by atoms with E-state index in [9.17, 15) is 4.79 Å². The van der Waals surface area contributed by atoms with E-state index >= 15 is 0 Å².